The van der Waals surface area contributed by atoms with E-state index in [0.717, 1.165) is 36.2 Å². The van der Waals surface area contributed by atoms with Gasteiger partial charge in [-0.25, -0.2) is 4.99 Å². The molecule has 0 amide bonds. The van der Waals surface area contributed by atoms with E-state index in [1.807, 2.05) is 33.1 Å². The van der Waals surface area contributed by atoms with Gasteiger partial charge in [-0.2, -0.15) is 0 Å². The Kier molecular flexibility index (Phi) is 8.03. The van der Waals surface area contributed by atoms with Crippen molar-refractivity contribution < 1.29 is 0 Å². The Morgan fingerprint density at radius 1 is 1.18 bits per heavy atom. The Bertz CT molecular complexity index is 342. The number of nitrogens with two attached hydrogens (primary N) is 1. The molecule has 0 aromatic rings. The molecule has 3 nitrogen and oxygen atoms in total. The van der Waals surface area contributed by atoms with E-state index in [1.165, 1.54) is 0 Å². The molecule has 0 radical (unpaired) electrons. The highest BCUT2D eigenvalue weighted by Gasteiger charge is 2.01. The molecule has 0 saturated carbocycles. The molecule has 0 saturated heterocycles. The molecule has 2 N–H and O–H groups in total. The second-order valence-corrected chi connectivity index (χ2v) is 4.18. The lowest BCUT2D eigenvalue weighted by Gasteiger charge is -2.04. The number of hydrogen-bond donors (Lipinski definition) is 1. The van der Waals surface area contributed by atoms with Gasteiger partial charge in [0.15, 0.2) is 0 Å². The highest BCUT2D eigenvalue weighted by atomic mass is 14.9. The van der Waals surface area contributed by atoms with E-state index in [4.69, 9.17) is 5.73 Å². The van der Waals surface area contributed by atoms with Crippen molar-refractivity contribution >= 4 is 11.9 Å². The van der Waals surface area contributed by atoms with Crippen molar-refractivity contribution in [2.24, 2.45) is 15.7 Å². The summed E-state index contributed by atoms with van der Waals surface area (Å²) in [5.74, 6) is 0.579. The molecule has 0 spiro atoms. The van der Waals surface area contributed by atoms with Crippen LogP contribution in [0, 0.1) is 0 Å². The fourth-order valence-electron chi connectivity index (χ4n) is 1.35. The predicted octanol–water partition coefficient (Wildman–Crippen LogP) is 3.82. The van der Waals surface area contributed by atoms with Crippen molar-refractivity contribution in [1.82, 2.24) is 0 Å². The van der Waals surface area contributed by atoms with Crippen molar-refractivity contribution in [1.29, 1.82) is 0 Å². The smallest absolute Gasteiger partial charge is 0.119 e. The Morgan fingerprint density at radius 3 is 2.29 bits per heavy atom. The number of rotatable bonds is 6. The van der Waals surface area contributed by atoms with Gasteiger partial charge >= 0.3 is 0 Å². The topological polar surface area (TPSA) is 50.7 Å². The van der Waals surface area contributed by atoms with Crippen LogP contribution in [0.15, 0.2) is 33.2 Å². The third-order valence-corrected chi connectivity index (χ3v) is 2.16. The lowest BCUT2D eigenvalue weighted by atomic mass is 10.2. The molecule has 0 atom stereocenters. The van der Waals surface area contributed by atoms with Crippen LogP contribution in [0.1, 0.15) is 53.9 Å². The van der Waals surface area contributed by atoms with Gasteiger partial charge in [0, 0.05) is 6.21 Å². The standard InChI is InChI=1S/C14H25N3/c1-6-8-9-13(15)17-12(5)14(11(3)4)16-10-7-2/h9-10H,6-8,15H2,1-5H3/b13-9+,16-10?,17-12-. The average molecular weight is 235 g/mol. The summed E-state index contributed by atoms with van der Waals surface area (Å²) in [4.78, 5) is 8.79. The summed E-state index contributed by atoms with van der Waals surface area (Å²) in [6.07, 6.45) is 6.82. The summed E-state index contributed by atoms with van der Waals surface area (Å²) in [6.45, 7) is 10.2. The molecule has 0 rings (SSSR count). The SMILES string of the molecule is CCC=NC(=C(C)C)/C(C)=N\C(N)=C\CCC. The number of unbranched alkanes of at least 4 members (excludes halogenated alkanes) is 1. The molecule has 0 unspecified atom stereocenters. The lowest BCUT2D eigenvalue weighted by molar-refractivity contribution is 0.942. The molecular weight excluding hydrogens is 210 g/mol. The van der Waals surface area contributed by atoms with Crippen LogP contribution in [-0.4, -0.2) is 11.9 Å². The van der Waals surface area contributed by atoms with Crippen molar-refractivity contribution in [3.05, 3.63) is 23.2 Å². The summed E-state index contributed by atoms with van der Waals surface area (Å²) >= 11 is 0. The average Bonchev–Trinajstić information content (AvgIpc) is 2.26. The van der Waals surface area contributed by atoms with Crippen LogP contribution in [0.2, 0.25) is 0 Å². The minimum absolute atomic E-state index is 0.579. The van der Waals surface area contributed by atoms with Gasteiger partial charge in [0.2, 0.25) is 0 Å². The Morgan fingerprint density at radius 2 is 1.82 bits per heavy atom. The van der Waals surface area contributed by atoms with Crippen LogP contribution < -0.4 is 5.73 Å². The molecule has 0 aliphatic rings. The van der Waals surface area contributed by atoms with Crippen LogP contribution in [0.5, 0.6) is 0 Å². The van der Waals surface area contributed by atoms with Gasteiger partial charge in [-0.3, -0.25) is 4.99 Å². The summed E-state index contributed by atoms with van der Waals surface area (Å²) in [7, 11) is 0. The summed E-state index contributed by atoms with van der Waals surface area (Å²) in [5, 5.41) is 0. The van der Waals surface area contributed by atoms with Crippen molar-refractivity contribution in [2.75, 3.05) is 0 Å². The minimum Gasteiger partial charge on any atom is -0.384 e. The highest BCUT2D eigenvalue weighted by molar-refractivity contribution is 6.00. The van der Waals surface area contributed by atoms with Crippen LogP contribution >= 0.6 is 0 Å². The first-order valence-corrected chi connectivity index (χ1v) is 6.24. The number of aliphatic imine (C=N–C) groups is 2. The number of allylic oxidation sites excluding steroid dienone is 3. The quantitative estimate of drug-likeness (QED) is 0.699. The molecule has 0 aliphatic heterocycles. The second-order valence-electron chi connectivity index (χ2n) is 4.18. The van der Waals surface area contributed by atoms with E-state index in [2.05, 4.69) is 23.8 Å². The first-order chi connectivity index (χ1) is 8.02. The van der Waals surface area contributed by atoms with E-state index >= 15 is 0 Å². The highest BCUT2D eigenvalue weighted by Crippen LogP contribution is 2.09. The van der Waals surface area contributed by atoms with E-state index in [0.29, 0.717) is 5.82 Å². The first kappa shape index (κ1) is 15.6. The van der Waals surface area contributed by atoms with Crippen LogP contribution in [0.25, 0.3) is 0 Å². The van der Waals surface area contributed by atoms with Gasteiger partial charge in [0.1, 0.15) is 5.82 Å². The predicted molar refractivity (Wildman–Crippen MR) is 77.4 cm³/mol. The maximum absolute atomic E-state index is 5.83. The van der Waals surface area contributed by atoms with Crippen LogP contribution in [0.3, 0.4) is 0 Å². The summed E-state index contributed by atoms with van der Waals surface area (Å²) in [6, 6.07) is 0. The van der Waals surface area contributed by atoms with Gasteiger partial charge in [-0.1, -0.05) is 20.3 Å². The fraction of sp³-hybridized carbons (Fsp3) is 0.571. The molecule has 0 fully saturated rings. The largest absolute Gasteiger partial charge is 0.384 e. The van der Waals surface area contributed by atoms with Gasteiger partial charge in [0.05, 0.1) is 11.4 Å². The van der Waals surface area contributed by atoms with Gasteiger partial charge in [0.25, 0.3) is 0 Å². The molecule has 3 heteroatoms. The number of nitrogens with zero attached hydrogens (tertiary/aromatic N) is 2. The van der Waals surface area contributed by atoms with Gasteiger partial charge < -0.3 is 5.73 Å². The molecule has 96 valence electrons. The van der Waals surface area contributed by atoms with E-state index in [1.54, 1.807) is 0 Å². The van der Waals surface area contributed by atoms with Crippen LogP contribution in [-0.2, 0) is 0 Å². The maximum Gasteiger partial charge on any atom is 0.119 e. The zero-order valence-corrected chi connectivity index (χ0v) is 11.7. The lowest BCUT2D eigenvalue weighted by Crippen LogP contribution is -2.03. The molecule has 0 aliphatic carbocycles. The van der Waals surface area contributed by atoms with Gasteiger partial charge in [-0.05, 0) is 45.3 Å². The first-order valence-electron chi connectivity index (χ1n) is 6.24. The molecule has 17 heavy (non-hydrogen) atoms. The molecule has 0 aromatic carbocycles. The molecule has 0 aromatic heterocycles. The molecular formula is C14H25N3. The minimum atomic E-state index is 0.579. The van der Waals surface area contributed by atoms with Crippen molar-refractivity contribution in [3.63, 3.8) is 0 Å². The van der Waals surface area contributed by atoms with Gasteiger partial charge in [-0.15, -0.1) is 0 Å². The third kappa shape index (κ3) is 6.72. The molecule has 0 heterocycles. The Labute approximate surface area is 105 Å². The maximum atomic E-state index is 5.83. The van der Waals surface area contributed by atoms with E-state index in [-0.39, 0.29) is 0 Å². The monoisotopic (exact) mass is 235 g/mol. The van der Waals surface area contributed by atoms with Crippen molar-refractivity contribution in [3.8, 4) is 0 Å². The molecule has 0 bridgehead atoms. The number of hydrogen-bond acceptors (Lipinski definition) is 3. The third-order valence-electron chi connectivity index (χ3n) is 2.16. The second kappa shape index (κ2) is 8.74. The van der Waals surface area contributed by atoms with Crippen LogP contribution in [0.4, 0.5) is 0 Å². The fourth-order valence-corrected chi connectivity index (χ4v) is 1.35. The zero-order valence-electron chi connectivity index (χ0n) is 11.7. The van der Waals surface area contributed by atoms with E-state index < -0.39 is 0 Å². The zero-order chi connectivity index (χ0) is 13.3. The normalized spacial score (nSPS) is 13.2. The summed E-state index contributed by atoms with van der Waals surface area (Å²) in [5.41, 5.74) is 8.78. The van der Waals surface area contributed by atoms with Crippen molar-refractivity contribution in [2.45, 2.75) is 53.9 Å². The Balaban J connectivity index is 4.98. The Hall–Kier alpha value is -1.38. The summed E-state index contributed by atoms with van der Waals surface area (Å²) < 4.78 is 0. The van der Waals surface area contributed by atoms with E-state index in [9.17, 15) is 0 Å².